The normalized spacial score (nSPS) is 10.6. The first-order chi connectivity index (χ1) is 12.1. The average molecular weight is 338 g/mol. The molecule has 0 bridgehead atoms. The number of rotatable bonds is 6. The van der Waals surface area contributed by atoms with E-state index in [-0.39, 0.29) is 6.03 Å². The minimum atomic E-state index is -0.201. The number of para-hydroxylation sites is 2. The molecule has 7 heteroatoms. The van der Waals surface area contributed by atoms with Crippen LogP contribution in [0.15, 0.2) is 42.6 Å². The third-order valence-corrected chi connectivity index (χ3v) is 3.81. The van der Waals surface area contributed by atoms with Gasteiger partial charge in [-0.25, -0.2) is 14.8 Å². The van der Waals surface area contributed by atoms with Gasteiger partial charge in [-0.2, -0.15) is 0 Å². The van der Waals surface area contributed by atoms with Crippen molar-refractivity contribution < 1.29 is 4.79 Å². The van der Waals surface area contributed by atoms with Crippen LogP contribution in [0.25, 0.3) is 11.0 Å². The number of carbonyl (C=O) groups excluding carboxylic acids is 1. The van der Waals surface area contributed by atoms with Crippen molar-refractivity contribution in [2.45, 2.75) is 13.0 Å². The Bertz CT molecular complexity index is 807. The molecular weight excluding hydrogens is 316 g/mol. The highest BCUT2D eigenvalue weighted by atomic mass is 16.2. The number of aromatic amines is 1. The van der Waals surface area contributed by atoms with E-state index in [0.29, 0.717) is 19.5 Å². The number of nitrogens with one attached hydrogen (secondary N) is 3. The maximum Gasteiger partial charge on any atom is 0.315 e. The van der Waals surface area contributed by atoms with Gasteiger partial charge in [0.1, 0.15) is 11.6 Å². The lowest BCUT2D eigenvalue weighted by molar-refractivity contribution is 0.240. The molecule has 0 aliphatic heterocycles. The highest BCUT2D eigenvalue weighted by Crippen LogP contribution is 2.10. The van der Waals surface area contributed by atoms with Crippen LogP contribution in [0.1, 0.15) is 11.4 Å². The van der Waals surface area contributed by atoms with Crippen molar-refractivity contribution >= 4 is 22.9 Å². The maximum atomic E-state index is 11.9. The van der Waals surface area contributed by atoms with Crippen molar-refractivity contribution in [1.29, 1.82) is 0 Å². The van der Waals surface area contributed by atoms with Crippen LogP contribution in [0, 0.1) is 0 Å². The Morgan fingerprint density at radius 2 is 2.00 bits per heavy atom. The summed E-state index contributed by atoms with van der Waals surface area (Å²) >= 11 is 0. The fourth-order valence-corrected chi connectivity index (χ4v) is 2.45. The van der Waals surface area contributed by atoms with Crippen LogP contribution in [0.2, 0.25) is 0 Å². The molecule has 3 rings (SSSR count). The molecule has 0 spiro atoms. The third-order valence-electron chi connectivity index (χ3n) is 3.81. The molecule has 3 N–H and O–H groups in total. The lowest BCUT2D eigenvalue weighted by Gasteiger charge is -2.11. The molecule has 0 atom stereocenters. The fraction of sp³-hybridized carbons (Fsp3) is 0.278. The van der Waals surface area contributed by atoms with Crippen LogP contribution in [0.3, 0.4) is 0 Å². The monoisotopic (exact) mass is 338 g/mol. The SMILES string of the molecule is CN(C)c1ccc(CNC(=O)NCCc2nc3ccccc3[nH]2)cn1. The summed E-state index contributed by atoms with van der Waals surface area (Å²) in [7, 11) is 3.88. The Labute approximate surface area is 146 Å². The number of aromatic nitrogens is 3. The third kappa shape index (κ3) is 4.47. The first-order valence-corrected chi connectivity index (χ1v) is 8.19. The van der Waals surface area contributed by atoms with E-state index in [1.54, 1.807) is 6.20 Å². The zero-order valence-electron chi connectivity index (χ0n) is 14.4. The Morgan fingerprint density at radius 1 is 1.16 bits per heavy atom. The summed E-state index contributed by atoms with van der Waals surface area (Å²) in [4.78, 5) is 25.9. The van der Waals surface area contributed by atoms with Crippen molar-refractivity contribution in [2.24, 2.45) is 0 Å². The number of hydrogen-bond donors (Lipinski definition) is 3. The molecule has 0 radical (unpaired) electrons. The fourth-order valence-electron chi connectivity index (χ4n) is 2.45. The van der Waals surface area contributed by atoms with E-state index in [4.69, 9.17) is 0 Å². The van der Waals surface area contributed by atoms with Crippen LogP contribution in [0.4, 0.5) is 10.6 Å². The van der Waals surface area contributed by atoms with Gasteiger partial charge >= 0.3 is 6.03 Å². The molecule has 3 aromatic rings. The highest BCUT2D eigenvalue weighted by Gasteiger charge is 2.04. The summed E-state index contributed by atoms with van der Waals surface area (Å²) in [6.45, 7) is 0.959. The molecule has 25 heavy (non-hydrogen) atoms. The number of hydrogen-bond acceptors (Lipinski definition) is 4. The molecule has 2 heterocycles. The predicted molar refractivity (Wildman–Crippen MR) is 98.6 cm³/mol. The molecule has 0 saturated heterocycles. The minimum Gasteiger partial charge on any atom is -0.363 e. The molecule has 130 valence electrons. The quantitative estimate of drug-likeness (QED) is 0.642. The number of benzene rings is 1. The van der Waals surface area contributed by atoms with Crippen LogP contribution < -0.4 is 15.5 Å². The van der Waals surface area contributed by atoms with Crippen LogP contribution >= 0.6 is 0 Å². The average Bonchev–Trinajstić information content (AvgIpc) is 3.03. The molecule has 0 saturated carbocycles. The van der Waals surface area contributed by atoms with E-state index in [1.165, 1.54) is 0 Å². The van der Waals surface area contributed by atoms with E-state index in [0.717, 1.165) is 28.2 Å². The number of nitrogens with zero attached hydrogens (tertiary/aromatic N) is 3. The summed E-state index contributed by atoms with van der Waals surface area (Å²) < 4.78 is 0. The molecule has 7 nitrogen and oxygen atoms in total. The summed E-state index contributed by atoms with van der Waals surface area (Å²) in [6.07, 6.45) is 2.42. The maximum absolute atomic E-state index is 11.9. The zero-order valence-corrected chi connectivity index (χ0v) is 14.4. The largest absolute Gasteiger partial charge is 0.363 e. The van der Waals surface area contributed by atoms with Gasteiger partial charge in [0.05, 0.1) is 11.0 Å². The van der Waals surface area contributed by atoms with Gasteiger partial charge < -0.3 is 20.5 Å². The molecule has 2 aromatic heterocycles. The minimum absolute atomic E-state index is 0.201. The summed E-state index contributed by atoms with van der Waals surface area (Å²) in [5.41, 5.74) is 2.91. The van der Waals surface area contributed by atoms with Crippen molar-refractivity contribution in [3.8, 4) is 0 Å². The number of fused-ring (bicyclic) bond motifs is 1. The Balaban J connectivity index is 1.42. The molecule has 0 aliphatic rings. The van der Waals surface area contributed by atoms with E-state index >= 15 is 0 Å². The Morgan fingerprint density at radius 3 is 2.72 bits per heavy atom. The second-order valence-electron chi connectivity index (χ2n) is 5.98. The Hall–Kier alpha value is -3.09. The van der Waals surface area contributed by atoms with Gasteiger partial charge in [-0.3, -0.25) is 0 Å². The van der Waals surface area contributed by atoms with E-state index in [1.807, 2.05) is 55.4 Å². The molecular formula is C18H22N6O. The molecule has 0 fully saturated rings. The van der Waals surface area contributed by atoms with Crippen LogP contribution in [-0.2, 0) is 13.0 Å². The predicted octanol–water partition coefficient (Wildman–Crippen LogP) is 2.07. The lowest BCUT2D eigenvalue weighted by Crippen LogP contribution is -2.36. The Kier molecular flexibility index (Phi) is 5.13. The van der Waals surface area contributed by atoms with E-state index < -0.39 is 0 Å². The number of anilines is 1. The van der Waals surface area contributed by atoms with Crippen molar-refractivity contribution in [3.05, 3.63) is 54.0 Å². The second kappa shape index (κ2) is 7.65. The number of carbonyl (C=O) groups is 1. The van der Waals surface area contributed by atoms with Gasteiger partial charge in [0, 0.05) is 39.8 Å². The number of pyridine rings is 1. The van der Waals surface area contributed by atoms with Gasteiger partial charge in [-0.1, -0.05) is 18.2 Å². The summed E-state index contributed by atoms with van der Waals surface area (Å²) in [5.74, 6) is 1.75. The molecule has 2 amide bonds. The first kappa shape index (κ1) is 16.8. The lowest BCUT2D eigenvalue weighted by atomic mass is 10.3. The van der Waals surface area contributed by atoms with Gasteiger partial charge in [-0.05, 0) is 23.8 Å². The van der Waals surface area contributed by atoms with E-state index in [9.17, 15) is 4.79 Å². The number of amides is 2. The topological polar surface area (TPSA) is 85.9 Å². The smallest absolute Gasteiger partial charge is 0.315 e. The summed E-state index contributed by atoms with van der Waals surface area (Å²) in [6, 6.07) is 11.6. The first-order valence-electron chi connectivity index (χ1n) is 8.19. The number of urea groups is 1. The van der Waals surface area contributed by atoms with Crippen molar-refractivity contribution in [1.82, 2.24) is 25.6 Å². The van der Waals surface area contributed by atoms with Crippen LogP contribution in [-0.4, -0.2) is 41.6 Å². The molecule has 0 aliphatic carbocycles. The number of H-pyrrole nitrogens is 1. The van der Waals surface area contributed by atoms with Crippen molar-refractivity contribution in [2.75, 3.05) is 25.5 Å². The molecule has 1 aromatic carbocycles. The van der Waals surface area contributed by atoms with Gasteiger partial charge in [0.15, 0.2) is 0 Å². The number of imidazole rings is 1. The highest BCUT2D eigenvalue weighted by molar-refractivity contribution is 5.75. The standard InChI is InChI=1S/C18H22N6O/c1-24(2)17-8-7-13(11-20-17)12-21-18(25)19-10-9-16-22-14-5-3-4-6-15(14)23-16/h3-8,11H,9-10,12H2,1-2H3,(H,22,23)(H2,19,21,25). The second-order valence-corrected chi connectivity index (χ2v) is 5.98. The van der Waals surface area contributed by atoms with Crippen molar-refractivity contribution in [3.63, 3.8) is 0 Å². The van der Waals surface area contributed by atoms with Gasteiger partial charge in [-0.15, -0.1) is 0 Å². The summed E-state index contributed by atoms with van der Waals surface area (Å²) in [5, 5.41) is 5.66. The van der Waals surface area contributed by atoms with Gasteiger partial charge in [0.25, 0.3) is 0 Å². The van der Waals surface area contributed by atoms with E-state index in [2.05, 4.69) is 25.6 Å². The molecule has 0 unspecified atom stereocenters. The zero-order chi connectivity index (χ0) is 17.6. The van der Waals surface area contributed by atoms with Crippen LogP contribution in [0.5, 0.6) is 0 Å². The van der Waals surface area contributed by atoms with Gasteiger partial charge in [0.2, 0.25) is 0 Å².